The molecule has 1 aromatic heterocycles. The Morgan fingerprint density at radius 3 is 3.04 bits per heavy atom. The number of benzene rings is 1. The predicted octanol–water partition coefficient (Wildman–Crippen LogP) is 3.16. The maximum absolute atomic E-state index is 6.09. The van der Waals surface area contributed by atoms with E-state index in [1.165, 1.54) is 0 Å². The summed E-state index contributed by atoms with van der Waals surface area (Å²) in [5, 5.41) is 5.09. The van der Waals surface area contributed by atoms with Gasteiger partial charge >= 0.3 is 0 Å². The fraction of sp³-hybridized carbons (Fsp3) is 0.529. The van der Waals surface area contributed by atoms with E-state index < -0.39 is 0 Å². The van der Waals surface area contributed by atoms with Crippen LogP contribution in [0.2, 0.25) is 5.02 Å². The van der Waals surface area contributed by atoms with Gasteiger partial charge in [0.05, 0.1) is 19.3 Å². The molecular formula is C17H23ClN4O. The Bertz CT molecular complexity index is 643. The maximum atomic E-state index is 6.09. The zero-order valence-electron chi connectivity index (χ0n) is 13.7. The lowest BCUT2D eigenvalue weighted by molar-refractivity contribution is -0.0340. The topological polar surface area (TPSA) is 43.2 Å². The molecule has 1 aromatic carbocycles. The molecule has 1 fully saturated rings. The summed E-state index contributed by atoms with van der Waals surface area (Å²) < 4.78 is 7.93. The zero-order chi connectivity index (χ0) is 16.2. The third-order valence-electron chi connectivity index (χ3n) is 3.97. The van der Waals surface area contributed by atoms with Crippen molar-refractivity contribution in [1.82, 2.24) is 19.7 Å². The van der Waals surface area contributed by atoms with Crippen molar-refractivity contribution in [3.05, 3.63) is 47.0 Å². The third-order valence-corrected chi connectivity index (χ3v) is 4.20. The number of halogens is 1. The van der Waals surface area contributed by atoms with E-state index in [9.17, 15) is 0 Å². The second kappa shape index (κ2) is 7.43. The van der Waals surface area contributed by atoms with Gasteiger partial charge in [-0.25, -0.2) is 9.67 Å². The number of nitrogens with zero attached hydrogens (tertiary/aromatic N) is 4. The largest absolute Gasteiger partial charge is 0.371 e. The highest BCUT2D eigenvalue weighted by Gasteiger charge is 2.23. The minimum atomic E-state index is 0.0592. The molecule has 0 aliphatic carbocycles. The monoisotopic (exact) mass is 334 g/mol. The van der Waals surface area contributed by atoms with Crippen LogP contribution in [0, 0.1) is 5.92 Å². The van der Waals surface area contributed by atoms with Gasteiger partial charge in [-0.1, -0.05) is 37.6 Å². The molecule has 0 N–H and O–H groups in total. The molecule has 1 atom stereocenters. The fourth-order valence-corrected chi connectivity index (χ4v) is 3.06. The highest BCUT2D eigenvalue weighted by Crippen LogP contribution is 2.25. The molecule has 5 nitrogen and oxygen atoms in total. The molecule has 0 amide bonds. The number of hydrogen-bond donors (Lipinski definition) is 0. The summed E-state index contributed by atoms with van der Waals surface area (Å²) in [4.78, 5) is 6.79. The van der Waals surface area contributed by atoms with Crippen molar-refractivity contribution < 1.29 is 4.74 Å². The minimum absolute atomic E-state index is 0.0592. The third kappa shape index (κ3) is 4.31. The summed E-state index contributed by atoms with van der Waals surface area (Å²) in [7, 11) is 0. The number of aromatic nitrogens is 3. The average Bonchev–Trinajstić information content (AvgIpc) is 2.94. The Balaban J connectivity index is 1.66. The first-order chi connectivity index (χ1) is 11.1. The van der Waals surface area contributed by atoms with Gasteiger partial charge in [0.2, 0.25) is 0 Å². The lowest BCUT2D eigenvalue weighted by Gasteiger charge is -2.33. The fourth-order valence-electron chi connectivity index (χ4n) is 2.86. The molecule has 2 heterocycles. The van der Waals surface area contributed by atoms with Crippen LogP contribution in [0.5, 0.6) is 0 Å². The molecule has 2 aromatic rings. The Hall–Kier alpha value is -1.43. The predicted molar refractivity (Wildman–Crippen MR) is 90.3 cm³/mol. The standard InChI is InChI=1S/C17H23ClN4O/c1-13(2)9-22-17(19-12-20-22)11-21-6-7-23-16(10-21)14-4-3-5-15(18)8-14/h3-5,8,12-13,16H,6-7,9-11H2,1-2H3/t16-/m0/s1. The zero-order valence-corrected chi connectivity index (χ0v) is 14.4. The maximum Gasteiger partial charge on any atom is 0.141 e. The van der Waals surface area contributed by atoms with E-state index in [1.807, 2.05) is 22.9 Å². The minimum Gasteiger partial charge on any atom is -0.371 e. The van der Waals surface area contributed by atoms with Gasteiger partial charge in [-0.05, 0) is 23.6 Å². The summed E-state index contributed by atoms with van der Waals surface area (Å²) in [5.74, 6) is 1.57. The van der Waals surface area contributed by atoms with Crippen LogP contribution in [0.1, 0.15) is 31.3 Å². The SMILES string of the molecule is CC(C)Cn1ncnc1CN1CCO[C@H](c2cccc(Cl)c2)C1. The van der Waals surface area contributed by atoms with Gasteiger partial charge in [0.1, 0.15) is 12.2 Å². The molecule has 6 heteroatoms. The highest BCUT2D eigenvalue weighted by molar-refractivity contribution is 6.30. The molecule has 1 aliphatic heterocycles. The Labute approximate surface area is 142 Å². The van der Waals surface area contributed by atoms with Crippen LogP contribution >= 0.6 is 11.6 Å². The molecule has 0 saturated carbocycles. The average molecular weight is 335 g/mol. The molecular weight excluding hydrogens is 312 g/mol. The van der Waals surface area contributed by atoms with Crippen molar-refractivity contribution in [3.8, 4) is 0 Å². The molecule has 0 unspecified atom stereocenters. The molecule has 0 radical (unpaired) electrons. The van der Waals surface area contributed by atoms with Gasteiger partial charge < -0.3 is 4.74 Å². The summed E-state index contributed by atoms with van der Waals surface area (Å²) in [6.45, 7) is 8.55. The lowest BCUT2D eigenvalue weighted by atomic mass is 10.1. The van der Waals surface area contributed by atoms with Gasteiger partial charge in [0.15, 0.2) is 0 Å². The first-order valence-corrected chi connectivity index (χ1v) is 8.45. The molecule has 1 aliphatic rings. The van der Waals surface area contributed by atoms with Crippen molar-refractivity contribution >= 4 is 11.6 Å². The van der Waals surface area contributed by atoms with Gasteiger partial charge in [0, 0.05) is 24.7 Å². The van der Waals surface area contributed by atoms with Gasteiger partial charge in [-0.2, -0.15) is 5.10 Å². The van der Waals surface area contributed by atoms with Crippen molar-refractivity contribution in [2.24, 2.45) is 5.92 Å². The Morgan fingerprint density at radius 2 is 2.26 bits per heavy atom. The van der Waals surface area contributed by atoms with Crippen LogP contribution < -0.4 is 0 Å². The highest BCUT2D eigenvalue weighted by atomic mass is 35.5. The van der Waals surface area contributed by atoms with E-state index in [1.54, 1.807) is 6.33 Å². The molecule has 23 heavy (non-hydrogen) atoms. The summed E-state index contributed by atoms with van der Waals surface area (Å²) in [6.07, 6.45) is 1.70. The Morgan fingerprint density at radius 1 is 1.39 bits per heavy atom. The second-order valence-electron chi connectivity index (χ2n) is 6.40. The van der Waals surface area contributed by atoms with Crippen LogP contribution in [0.25, 0.3) is 0 Å². The van der Waals surface area contributed by atoms with Crippen LogP contribution in [0.4, 0.5) is 0 Å². The van der Waals surface area contributed by atoms with E-state index in [0.717, 1.165) is 49.2 Å². The molecule has 0 bridgehead atoms. The van der Waals surface area contributed by atoms with Crippen LogP contribution in [-0.4, -0.2) is 39.4 Å². The molecule has 1 saturated heterocycles. The van der Waals surface area contributed by atoms with Crippen molar-refractivity contribution in [1.29, 1.82) is 0 Å². The number of morpholine rings is 1. The van der Waals surface area contributed by atoms with E-state index >= 15 is 0 Å². The van der Waals surface area contributed by atoms with Gasteiger partial charge in [0.25, 0.3) is 0 Å². The summed E-state index contributed by atoms with van der Waals surface area (Å²) >= 11 is 6.09. The van der Waals surface area contributed by atoms with Crippen LogP contribution in [0.15, 0.2) is 30.6 Å². The van der Waals surface area contributed by atoms with Gasteiger partial charge in [-0.15, -0.1) is 0 Å². The molecule has 3 rings (SSSR count). The summed E-state index contributed by atoms with van der Waals surface area (Å²) in [6, 6.07) is 7.91. The smallest absolute Gasteiger partial charge is 0.141 e. The Kier molecular flexibility index (Phi) is 5.30. The van der Waals surface area contributed by atoms with Crippen molar-refractivity contribution in [3.63, 3.8) is 0 Å². The van der Waals surface area contributed by atoms with Crippen LogP contribution in [-0.2, 0) is 17.8 Å². The van der Waals surface area contributed by atoms with Crippen molar-refractivity contribution in [2.75, 3.05) is 19.7 Å². The number of rotatable bonds is 5. The normalized spacial score (nSPS) is 19.4. The van der Waals surface area contributed by atoms with E-state index in [2.05, 4.69) is 34.9 Å². The van der Waals surface area contributed by atoms with E-state index in [0.29, 0.717) is 5.92 Å². The van der Waals surface area contributed by atoms with Gasteiger partial charge in [-0.3, -0.25) is 4.90 Å². The molecule has 124 valence electrons. The van der Waals surface area contributed by atoms with Crippen molar-refractivity contribution in [2.45, 2.75) is 33.0 Å². The van der Waals surface area contributed by atoms with Crippen LogP contribution in [0.3, 0.4) is 0 Å². The van der Waals surface area contributed by atoms with E-state index in [4.69, 9.17) is 16.3 Å². The first kappa shape index (κ1) is 16.4. The first-order valence-electron chi connectivity index (χ1n) is 8.08. The lowest BCUT2D eigenvalue weighted by Crippen LogP contribution is -2.38. The number of ether oxygens (including phenoxy) is 1. The molecule has 0 spiro atoms. The number of hydrogen-bond acceptors (Lipinski definition) is 4. The summed E-state index contributed by atoms with van der Waals surface area (Å²) in [5.41, 5.74) is 1.13. The van der Waals surface area contributed by atoms with E-state index in [-0.39, 0.29) is 6.10 Å². The second-order valence-corrected chi connectivity index (χ2v) is 6.84. The quantitative estimate of drug-likeness (QED) is 0.842.